The van der Waals surface area contributed by atoms with Crippen LogP contribution >= 0.6 is 0 Å². The van der Waals surface area contributed by atoms with Gasteiger partial charge in [-0.15, -0.1) is 6.58 Å². The monoisotopic (exact) mass is 540 g/mol. The first kappa shape index (κ1) is 34.7. The minimum absolute atomic E-state index is 0.00507. The van der Waals surface area contributed by atoms with Crippen molar-refractivity contribution in [3.05, 3.63) is 12.7 Å². The number of likely N-dealkylation sites (N-methyl/N-ethyl adjacent to an activating group) is 1. The predicted molar refractivity (Wildman–Crippen MR) is 137 cm³/mol. The third kappa shape index (κ3) is 11.8. The van der Waals surface area contributed by atoms with Crippen LogP contribution in [0.25, 0.3) is 0 Å². The number of amides is 3. The number of nitrogens with one attached hydrogen (secondary N) is 4. The number of primary amides is 2. The Balaban J connectivity index is 5.71. The third-order valence-corrected chi connectivity index (χ3v) is 5.84. The first-order chi connectivity index (χ1) is 17.7. The number of aliphatic hydroxyl groups is 1. The molecule has 0 bridgehead atoms. The lowest BCUT2D eigenvalue weighted by Crippen LogP contribution is -2.64. The van der Waals surface area contributed by atoms with Gasteiger partial charge in [0.1, 0.15) is 6.04 Å². The zero-order valence-corrected chi connectivity index (χ0v) is 22.1. The number of nitrogens with two attached hydrogens (primary N) is 2. The summed E-state index contributed by atoms with van der Waals surface area (Å²) in [4.78, 5) is 84.9. The zero-order chi connectivity index (χ0) is 29.5. The highest BCUT2D eigenvalue weighted by Crippen LogP contribution is 2.17. The number of aliphatic hydroxyl groups excluding tert-OH is 1. The second-order valence-electron chi connectivity index (χ2n) is 9.04. The van der Waals surface area contributed by atoms with Crippen LogP contribution < -0.4 is 33.0 Å². The minimum atomic E-state index is -1.55. The van der Waals surface area contributed by atoms with Crippen molar-refractivity contribution in [3.63, 3.8) is 0 Å². The quantitative estimate of drug-likeness (QED) is 0.0326. The summed E-state index contributed by atoms with van der Waals surface area (Å²) in [6.07, 6.45) is 2.11. The van der Waals surface area contributed by atoms with Gasteiger partial charge in [-0.2, -0.15) is 0 Å². The molecule has 214 valence electrons. The van der Waals surface area contributed by atoms with Crippen molar-refractivity contribution in [3.8, 4) is 0 Å². The molecule has 0 rings (SSSR count). The van der Waals surface area contributed by atoms with E-state index in [1.54, 1.807) is 6.08 Å². The molecular formula is C24H40N6O8. The van der Waals surface area contributed by atoms with Crippen molar-refractivity contribution < 1.29 is 38.7 Å². The van der Waals surface area contributed by atoms with Crippen LogP contribution in [-0.4, -0.2) is 83.3 Å². The molecule has 0 aliphatic rings. The number of hydrogen-bond donors (Lipinski definition) is 7. The van der Waals surface area contributed by atoms with E-state index < -0.39 is 71.1 Å². The van der Waals surface area contributed by atoms with Gasteiger partial charge in [-0.25, -0.2) is 10.9 Å². The third-order valence-electron chi connectivity index (χ3n) is 5.84. The standard InChI is InChI=1S/C24H40N6O8/c1-5-6-7-12-24(3,22(37)21(36)15(27-4)8-10-18(25)33)30-29-17(13-31)23(38)28-16(9-11-19(26)34)20(35)14(2)32/h5,15-17,27,29-31H,1,6-13H2,2-4H3,(H2,25,33)(H2,26,34)(H,28,38)/t15-,16-,17-,24+/m0/s1. The van der Waals surface area contributed by atoms with Gasteiger partial charge in [-0.05, 0) is 46.1 Å². The average molecular weight is 541 g/mol. The van der Waals surface area contributed by atoms with Crippen molar-refractivity contribution in [2.24, 2.45) is 11.5 Å². The van der Waals surface area contributed by atoms with Crippen LogP contribution in [-0.2, 0) is 33.6 Å². The summed E-state index contributed by atoms with van der Waals surface area (Å²) in [6.45, 7) is 5.28. The van der Waals surface area contributed by atoms with E-state index >= 15 is 0 Å². The summed E-state index contributed by atoms with van der Waals surface area (Å²) in [5.74, 6) is -5.74. The van der Waals surface area contributed by atoms with Gasteiger partial charge >= 0.3 is 0 Å². The van der Waals surface area contributed by atoms with E-state index in [1.807, 2.05) is 0 Å². The van der Waals surface area contributed by atoms with Crippen LogP contribution in [0.4, 0.5) is 0 Å². The zero-order valence-electron chi connectivity index (χ0n) is 22.1. The van der Waals surface area contributed by atoms with E-state index in [9.17, 15) is 38.7 Å². The van der Waals surface area contributed by atoms with Crippen molar-refractivity contribution in [1.29, 1.82) is 0 Å². The first-order valence-corrected chi connectivity index (χ1v) is 12.2. The van der Waals surface area contributed by atoms with Gasteiger partial charge in [0.15, 0.2) is 5.78 Å². The Kier molecular flexibility index (Phi) is 15.7. The molecule has 3 amide bonds. The number of hydrazine groups is 1. The number of ketones is 4. The number of allylic oxidation sites excluding steroid dienone is 1. The van der Waals surface area contributed by atoms with Crippen LogP contribution in [0.3, 0.4) is 0 Å². The summed E-state index contributed by atoms with van der Waals surface area (Å²) < 4.78 is 0. The molecule has 0 aliphatic carbocycles. The molecule has 0 heterocycles. The molecule has 0 fully saturated rings. The number of carbonyl (C=O) groups is 7. The molecule has 0 aromatic carbocycles. The molecule has 0 aromatic heterocycles. The van der Waals surface area contributed by atoms with E-state index in [2.05, 4.69) is 28.1 Å². The minimum Gasteiger partial charge on any atom is -0.394 e. The molecule has 0 saturated carbocycles. The van der Waals surface area contributed by atoms with Crippen LogP contribution in [0.2, 0.25) is 0 Å². The molecule has 38 heavy (non-hydrogen) atoms. The van der Waals surface area contributed by atoms with E-state index in [4.69, 9.17) is 11.5 Å². The van der Waals surface area contributed by atoms with Crippen LogP contribution in [0.15, 0.2) is 12.7 Å². The lowest BCUT2D eigenvalue weighted by Gasteiger charge is -2.32. The number of unbranched alkanes of at least 4 members (excludes halogenated alkanes) is 1. The van der Waals surface area contributed by atoms with Gasteiger partial charge in [-0.1, -0.05) is 6.08 Å². The fourth-order valence-corrected chi connectivity index (χ4v) is 3.47. The number of rotatable bonds is 22. The van der Waals surface area contributed by atoms with Crippen molar-refractivity contribution in [2.45, 2.75) is 82.5 Å². The van der Waals surface area contributed by atoms with Crippen LogP contribution in [0.5, 0.6) is 0 Å². The van der Waals surface area contributed by atoms with E-state index in [0.29, 0.717) is 12.8 Å². The van der Waals surface area contributed by atoms with Gasteiger partial charge in [0, 0.05) is 19.8 Å². The summed E-state index contributed by atoms with van der Waals surface area (Å²) in [6, 6.07) is -3.74. The molecular weight excluding hydrogens is 500 g/mol. The maximum absolute atomic E-state index is 13.2. The van der Waals surface area contributed by atoms with Crippen LogP contribution in [0.1, 0.15) is 58.8 Å². The molecule has 0 spiro atoms. The second kappa shape index (κ2) is 17.2. The van der Waals surface area contributed by atoms with Gasteiger partial charge in [0.05, 0.1) is 24.2 Å². The number of Topliss-reactive ketones (excluding diaryl/α,β-unsaturated/α-hetero) is 4. The van der Waals surface area contributed by atoms with Gasteiger partial charge in [0.2, 0.25) is 35.1 Å². The van der Waals surface area contributed by atoms with E-state index in [0.717, 1.165) is 6.92 Å². The summed E-state index contributed by atoms with van der Waals surface area (Å²) in [7, 11) is 1.46. The molecule has 9 N–H and O–H groups in total. The maximum Gasteiger partial charge on any atom is 0.241 e. The Labute approximate surface area is 221 Å². The Hall–Kier alpha value is -3.33. The van der Waals surface area contributed by atoms with Crippen molar-refractivity contribution >= 4 is 40.9 Å². The Morgan fingerprint density at radius 2 is 1.50 bits per heavy atom. The summed E-state index contributed by atoms with van der Waals surface area (Å²) in [5.41, 5.74) is 13.9. The Bertz CT molecular complexity index is 908. The number of hydrogen-bond acceptors (Lipinski definition) is 11. The summed E-state index contributed by atoms with van der Waals surface area (Å²) >= 11 is 0. The molecule has 14 heteroatoms. The highest BCUT2D eigenvalue weighted by Gasteiger charge is 2.40. The molecule has 0 radical (unpaired) electrons. The van der Waals surface area contributed by atoms with E-state index in [-0.39, 0.29) is 32.1 Å². The van der Waals surface area contributed by atoms with E-state index in [1.165, 1.54) is 14.0 Å². The largest absolute Gasteiger partial charge is 0.394 e. The SMILES string of the molecule is C=CCCC[C@@](C)(NN[C@@H](CO)C(=O)N[C@@H](CCC(N)=O)C(=O)C(C)=O)C(=O)C(=O)[C@H](CCC(N)=O)NC. The lowest BCUT2D eigenvalue weighted by molar-refractivity contribution is -0.142. The Morgan fingerprint density at radius 3 is 1.95 bits per heavy atom. The number of carbonyl (C=O) groups excluding carboxylic acids is 7. The predicted octanol–water partition coefficient (Wildman–Crippen LogP) is -2.54. The normalized spacial score (nSPS) is 14.8. The second-order valence-corrected chi connectivity index (χ2v) is 9.04. The highest BCUT2D eigenvalue weighted by atomic mass is 16.3. The molecule has 0 saturated heterocycles. The average Bonchev–Trinajstić information content (AvgIpc) is 2.85. The van der Waals surface area contributed by atoms with Gasteiger partial charge < -0.3 is 27.2 Å². The van der Waals surface area contributed by atoms with Crippen LogP contribution in [0, 0.1) is 0 Å². The smallest absolute Gasteiger partial charge is 0.241 e. The Morgan fingerprint density at radius 1 is 0.947 bits per heavy atom. The topological polar surface area (TPSA) is 240 Å². The molecule has 0 unspecified atom stereocenters. The van der Waals surface area contributed by atoms with Gasteiger partial charge in [0.25, 0.3) is 0 Å². The molecule has 0 aromatic rings. The maximum atomic E-state index is 13.2. The lowest BCUT2D eigenvalue weighted by atomic mass is 9.85. The first-order valence-electron chi connectivity index (χ1n) is 12.2. The molecule has 4 atom stereocenters. The summed E-state index contributed by atoms with van der Waals surface area (Å²) in [5, 5.41) is 14.8. The highest BCUT2D eigenvalue weighted by molar-refractivity contribution is 6.42. The van der Waals surface area contributed by atoms with Gasteiger partial charge in [-0.3, -0.25) is 33.6 Å². The fraction of sp³-hybridized carbons (Fsp3) is 0.625. The molecule has 0 aliphatic heterocycles. The molecule has 14 nitrogen and oxygen atoms in total. The fourth-order valence-electron chi connectivity index (χ4n) is 3.47. The van der Waals surface area contributed by atoms with Crippen molar-refractivity contribution in [1.82, 2.24) is 21.5 Å². The van der Waals surface area contributed by atoms with Crippen molar-refractivity contribution in [2.75, 3.05) is 13.7 Å².